The highest BCUT2D eigenvalue weighted by atomic mass is 16.2. The molecule has 2 rings (SSSR count). The van der Waals surface area contributed by atoms with Gasteiger partial charge in [0.2, 0.25) is 5.91 Å². The first-order chi connectivity index (χ1) is 9.45. The van der Waals surface area contributed by atoms with Crippen molar-refractivity contribution in [2.75, 3.05) is 24.6 Å². The number of nitrogens with two attached hydrogens (primary N) is 2. The smallest absolute Gasteiger partial charge is 0.254 e. The standard InChI is InChI=1S/C14H20N4O2/c1-9(19)17-13-2-4-18(5-3-13)14(20)10-6-11(15)8-12(16)7-10/h6-8,13H,2-5,15-16H2,1H3,(H,17,19). The Bertz CT molecular complexity index is 502. The van der Waals surface area contributed by atoms with E-state index in [1.807, 2.05) is 0 Å². The molecule has 0 saturated carbocycles. The van der Waals surface area contributed by atoms with Crippen LogP contribution in [0.5, 0.6) is 0 Å². The monoisotopic (exact) mass is 276 g/mol. The van der Waals surface area contributed by atoms with Crippen molar-refractivity contribution >= 4 is 23.2 Å². The average molecular weight is 276 g/mol. The Kier molecular flexibility index (Phi) is 4.12. The number of hydrogen-bond donors (Lipinski definition) is 3. The van der Waals surface area contributed by atoms with Gasteiger partial charge in [-0.1, -0.05) is 0 Å². The number of amides is 2. The molecule has 1 fully saturated rings. The van der Waals surface area contributed by atoms with Crippen molar-refractivity contribution in [1.82, 2.24) is 10.2 Å². The van der Waals surface area contributed by atoms with Crippen molar-refractivity contribution < 1.29 is 9.59 Å². The lowest BCUT2D eigenvalue weighted by Gasteiger charge is -2.32. The fourth-order valence-corrected chi connectivity index (χ4v) is 2.50. The maximum Gasteiger partial charge on any atom is 0.254 e. The van der Waals surface area contributed by atoms with Crippen molar-refractivity contribution in [2.24, 2.45) is 0 Å². The zero-order chi connectivity index (χ0) is 14.7. The van der Waals surface area contributed by atoms with Gasteiger partial charge in [-0.25, -0.2) is 0 Å². The number of nitrogens with one attached hydrogen (secondary N) is 1. The highest BCUT2D eigenvalue weighted by molar-refractivity contribution is 5.96. The lowest BCUT2D eigenvalue weighted by Crippen LogP contribution is -2.46. The fraction of sp³-hybridized carbons (Fsp3) is 0.429. The Morgan fingerprint density at radius 1 is 1.15 bits per heavy atom. The minimum atomic E-state index is -0.0646. The normalized spacial score (nSPS) is 15.9. The summed E-state index contributed by atoms with van der Waals surface area (Å²) in [7, 11) is 0. The maximum atomic E-state index is 12.4. The summed E-state index contributed by atoms with van der Waals surface area (Å²) in [6.45, 7) is 2.75. The topological polar surface area (TPSA) is 101 Å². The third-order valence-electron chi connectivity index (χ3n) is 3.41. The second-order valence-electron chi connectivity index (χ2n) is 5.16. The molecule has 5 N–H and O–H groups in total. The molecule has 0 aromatic heterocycles. The van der Waals surface area contributed by atoms with Crippen LogP contribution in [0.3, 0.4) is 0 Å². The van der Waals surface area contributed by atoms with E-state index in [9.17, 15) is 9.59 Å². The third-order valence-corrected chi connectivity index (χ3v) is 3.41. The lowest BCUT2D eigenvalue weighted by atomic mass is 10.0. The summed E-state index contributed by atoms with van der Waals surface area (Å²) in [5.41, 5.74) is 12.9. The van der Waals surface area contributed by atoms with E-state index in [0.717, 1.165) is 12.8 Å². The molecule has 1 aliphatic rings. The molecule has 0 unspecified atom stereocenters. The van der Waals surface area contributed by atoms with Crippen molar-refractivity contribution in [1.29, 1.82) is 0 Å². The van der Waals surface area contributed by atoms with Gasteiger partial charge in [0.15, 0.2) is 0 Å². The number of hydrogen-bond acceptors (Lipinski definition) is 4. The summed E-state index contributed by atoms with van der Waals surface area (Å²) in [4.78, 5) is 25.1. The van der Waals surface area contributed by atoms with Crippen molar-refractivity contribution in [2.45, 2.75) is 25.8 Å². The van der Waals surface area contributed by atoms with Crippen LogP contribution >= 0.6 is 0 Å². The number of benzene rings is 1. The van der Waals surface area contributed by atoms with Crippen LogP contribution in [0.2, 0.25) is 0 Å². The number of carbonyl (C=O) groups is 2. The number of anilines is 2. The Hall–Kier alpha value is -2.24. The van der Waals surface area contributed by atoms with Crippen LogP contribution in [0.1, 0.15) is 30.1 Å². The zero-order valence-electron chi connectivity index (χ0n) is 11.6. The number of piperidine rings is 1. The van der Waals surface area contributed by atoms with E-state index < -0.39 is 0 Å². The predicted molar refractivity (Wildman–Crippen MR) is 78.0 cm³/mol. The summed E-state index contributed by atoms with van der Waals surface area (Å²) >= 11 is 0. The van der Waals surface area contributed by atoms with Crippen molar-refractivity contribution in [3.8, 4) is 0 Å². The van der Waals surface area contributed by atoms with E-state index >= 15 is 0 Å². The molecule has 0 radical (unpaired) electrons. The lowest BCUT2D eigenvalue weighted by molar-refractivity contribution is -0.119. The van der Waals surface area contributed by atoms with E-state index in [-0.39, 0.29) is 17.9 Å². The van der Waals surface area contributed by atoms with Gasteiger partial charge in [0.25, 0.3) is 5.91 Å². The molecule has 0 aliphatic carbocycles. The molecule has 1 saturated heterocycles. The predicted octanol–water partition coefficient (Wildman–Crippen LogP) is 0.592. The maximum absolute atomic E-state index is 12.4. The molecule has 20 heavy (non-hydrogen) atoms. The summed E-state index contributed by atoms with van der Waals surface area (Å²) in [6, 6.07) is 5.05. The van der Waals surface area contributed by atoms with Crippen LogP contribution in [0.4, 0.5) is 11.4 Å². The van der Waals surface area contributed by atoms with Gasteiger partial charge in [-0.05, 0) is 31.0 Å². The molecule has 1 aromatic rings. The molecule has 1 heterocycles. The Morgan fingerprint density at radius 3 is 2.20 bits per heavy atom. The molecule has 1 aromatic carbocycles. The van der Waals surface area contributed by atoms with Gasteiger partial charge in [0, 0.05) is 43.0 Å². The van der Waals surface area contributed by atoms with Crippen LogP contribution in [-0.2, 0) is 4.79 Å². The number of nitrogen functional groups attached to an aromatic ring is 2. The first-order valence-corrected chi connectivity index (χ1v) is 6.68. The minimum Gasteiger partial charge on any atom is -0.399 e. The minimum absolute atomic E-state index is 0.0293. The van der Waals surface area contributed by atoms with Gasteiger partial charge in [-0.2, -0.15) is 0 Å². The van der Waals surface area contributed by atoms with Gasteiger partial charge in [0.1, 0.15) is 0 Å². The average Bonchev–Trinajstić information content (AvgIpc) is 2.37. The van der Waals surface area contributed by atoms with Crippen molar-refractivity contribution in [3.63, 3.8) is 0 Å². The molecular weight excluding hydrogens is 256 g/mol. The molecule has 6 heteroatoms. The SMILES string of the molecule is CC(=O)NC1CCN(C(=O)c2cc(N)cc(N)c2)CC1. The van der Waals surface area contributed by atoms with E-state index in [2.05, 4.69) is 5.32 Å². The van der Waals surface area contributed by atoms with Crippen LogP contribution in [0.25, 0.3) is 0 Å². The summed E-state index contributed by atoms with van der Waals surface area (Å²) in [6.07, 6.45) is 1.53. The van der Waals surface area contributed by atoms with Gasteiger partial charge in [0.05, 0.1) is 0 Å². The zero-order valence-corrected chi connectivity index (χ0v) is 11.6. The molecule has 0 bridgehead atoms. The molecular formula is C14H20N4O2. The van der Waals surface area contributed by atoms with Gasteiger partial charge in [-0.15, -0.1) is 0 Å². The first kappa shape index (κ1) is 14.2. The van der Waals surface area contributed by atoms with E-state index in [0.29, 0.717) is 30.0 Å². The van der Waals surface area contributed by atoms with E-state index in [1.165, 1.54) is 6.92 Å². The molecule has 0 atom stereocenters. The molecule has 0 spiro atoms. The van der Waals surface area contributed by atoms with E-state index in [4.69, 9.17) is 11.5 Å². The largest absolute Gasteiger partial charge is 0.399 e. The van der Waals surface area contributed by atoms with Crippen LogP contribution in [0, 0.1) is 0 Å². The Balaban J connectivity index is 1.99. The fourth-order valence-electron chi connectivity index (χ4n) is 2.50. The summed E-state index contributed by atoms with van der Waals surface area (Å²) < 4.78 is 0. The molecule has 2 amide bonds. The second kappa shape index (κ2) is 5.81. The Labute approximate surface area is 118 Å². The number of likely N-dealkylation sites (tertiary alicyclic amines) is 1. The van der Waals surface area contributed by atoms with Gasteiger partial charge < -0.3 is 21.7 Å². The third kappa shape index (κ3) is 3.40. The van der Waals surface area contributed by atoms with Gasteiger partial charge >= 0.3 is 0 Å². The summed E-state index contributed by atoms with van der Waals surface area (Å²) in [5, 5.41) is 2.88. The van der Waals surface area contributed by atoms with Gasteiger partial charge in [-0.3, -0.25) is 9.59 Å². The number of nitrogens with zero attached hydrogens (tertiary/aromatic N) is 1. The number of rotatable bonds is 2. The quantitative estimate of drug-likeness (QED) is 0.688. The number of carbonyl (C=O) groups excluding carboxylic acids is 2. The van der Waals surface area contributed by atoms with E-state index in [1.54, 1.807) is 23.1 Å². The van der Waals surface area contributed by atoms with Crippen LogP contribution in [-0.4, -0.2) is 35.8 Å². The van der Waals surface area contributed by atoms with Crippen molar-refractivity contribution in [3.05, 3.63) is 23.8 Å². The van der Waals surface area contributed by atoms with Crippen LogP contribution < -0.4 is 16.8 Å². The Morgan fingerprint density at radius 2 is 1.70 bits per heavy atom. The first-order valence-electron chi connectivity index (χ1n) is 6.68. The highest BCUT2D eigenvalue weighted by Crippen LogP contribution is 2.18. The molecule has 1 aliphatic heterocycles. The molecule has 6 nitrogen and oxygen atoms in total. The van der Waals surface area contributed by atoms with Crippen LogP contribution in [0.15, 0.2) is 18.2 Å². The summed E-state index contributed by atoms with van der Waals surface area (Å²) in [5.74, 6) is -0.0938. The highest BCUT2D eigenvalue weighted by Gasteiger charge is 2.24. The second-order valence-corrected chi connectivity index (χ2v) is 5.16. The molecule has 108 valence electrons.